The Kier molecular flexibility index (Phi) is 8.12. The van der Waals surface area contributed by atoms with Crippen molar-refractivity contribution in [3.63, 3.8) is 0 Å². The van der Waals surface area contributed by atoms with E-state index >= 15 is 0 Å². The molecule has 204 valence electrons. The molecule has 1 unspecified atom stereocenters. The third-order valence-electron chi connectivity index (χ3n) is 7.02. The van der Waals surface area contributed by atoms with Gasteiger partial charge in [-0.05, 0) is 34.9 Å². The van der Waals surface area contributed by atoms with Crippen LogP contribution in [0.3, 0.4) is 0 Å². The maximum absolute atomic E-state index is 13.2. The highest BCUT2D eigenvalue weighted by Gasteiger charge is 2.40. The smallest absolute Gasteiger partial charge is 0.410 e. The molecule has 7 nitrogen and oxygen atoms in total. The van der Waals surface area contributed by atoms with Crippen molar-refractivity contribution in [2.45, 2.75) is 11.7 Å². The van der Waals surface area contributed by atoms with Gasteiger partial charge in [-0.15, -0.1) is 0 Å². The molecule has 4 aromatic carbocycles. The van der Waals surface area contributed by atoms with Gasteiger partial charge >= 0.3 is 6.09 Å². The molecule has 1 fully saturated rings. The van der Waals surface area contributed by atoms with Gasteiger partial charge < -0.3 is 18.9 Å². The number of Topliss-reactive ketones (excluding diaryl/α,β-unsaturated/α-hetero) is 1. The number of rotatable bonds is 11. The molecule has 4 aromatic rings. The molecule has 1 aliphatic heterocycles. The zero-order chi connectivity index (χ0) is 28.0. The number of methoxy groups -OCH3 is 2. The van der Waals surface area contributed by atoms with E-state index in [-0.39, 0.29) is 25.5 Å². The standard InChI is InChI=1S/C33H31NO6/c1-37-27-18-19-31(38-2)29(20-27)30(35)22-34-21-28(40-32(34)36)23-39-33(24-12-6-3-7-13-24,25-14-8-4-9-15-25)26-16-10-5-11-17-26/h3-20,28H,21-23H2,1-2H3. The first-order valence-corrected chi connectivity index (χ1v) is 13.1. The maximum atomic E-state index is 13.2. The lowest BCUT2D eigenvalue weighted by Crippen LogP contribution is -2.37. The average molecular weight is 538 g/mol. The summed E-state index contributed by atoms with van der Waals surface area (Å²) in [5.41, 5.74) is 2.26. The highest BCUT2D eigenvalue weighted by atomic mass is 16.6. The average Bonchev–Trinajstić information content (AvgIpc) is 3.37. The van der Waals surface area contributed by atoms with Gasteiger partial charge in [0.15, 0.2) is 5.78 Å². The fourth-order valence-electron chi connectivity index (χ4n) is 5.07. The number of amides is 1. The van der Waals surface area contributed by atoms with Crippen molar-refractivity contribution in [3.05, 3.63) is 131 Å². The molecule has 0 aromatic heterocycles. The monoisotopic (exact) mass is 537 g/mol. The Labute approximate surface area is 233 Å². The van der Waals surface area contributed by atoms with Crippen LogP contribution in [0.2, 0.25) is 0 Å². The summed E-state index contributed by atoms with van der Waals surface area (Å²) in [5, 5.41) is 0. The minimum Gasteiger partial charge on any atom is -0.497 e. The number of ether oxygens (including phenoxy) is 4. The topological polar surface area (TPSA) is 74.3 Å². The Hall–Kier alpha value is -4.62. The molecule has 7 heteroatoms. The van der Waals surface area contributed by atoms with Crippen LogP contribution >= 0.6 is 0 Å². The first-order valence-electron chi connectivity index (χ1n) is 13.1. The Bertz CT molecular complexity index is 1350. The Balaban J connectivity index is 1.39. The molecule has 0 aliphatic carbocycles. The molecule has 40 heavy (non-hydrogen) atoms. The number of nitrogens with zero attached hydrogens (tertiary/aromatic N) is 1. The normalized spacial score (nSPS) is 15.0. The molecular formula is C33H31NO6. The summed E-state index contributed by atoms with van der Waals surface area (Å²) in [6, 6.07) is 35.0. The summed E-state index contributed by atoms with van der Waals surface area (Å²) in [6.45, 7) is 0.183. The number of carbonyl (C=O) groups is 2. The number of benzene rings is 4. The molecule has 1 heterocycles. The van der Waals surface area contributed by atoms with Crippen molar-refractivity contribution < 1.29 is 28.5 Å². The van der Waals surface area contributed by atoms with E-state index < -0.39 is 17.8 Å². The molecule has 0 bridgehead atoms. The number of hydrogen-bond donors (Lipinski definition) is 0. The number of hydrogen-bond acceptors (Lipinski definition) is 6. The lowest BCUT2D eigenvalue weighted by molar-refractivity contribution is -0.0298. The zero-order valence-electron chi connectivity index (χ0n) is 22.5. The van der Waals surface area contributed by atoms with Gasteiger partial charge in [-0.25, -0.2) is 4.79 Å². The molecule has 0 N–H and O–H groups in total. The van der Waals surface area contributed by atoms with Gasteiger partial charge in [0.25, 0.3) is 0 Å². The van der Waals surface area contributed by atoms with Crippen molar-refractivity contribution in [1.29, 1.82) is 0 Å². The lowest BCUT2D eigenvalue weighted by atomic mass is 9.80. The second-order valence-electron chi connectivity index (χ2n) is 9.47. The molecule has 0 radical (unpaired) electrons. The van der Waals surface area contributed by atoms with Crippen molar-refractivity contribution >= 4 is 11.9 Å². The predicted octanol–water partition coefficient (Wildman–Crippen LogP) is 5.72. The molecule has 0 spiro atoms. The van der Waals surface area contributed by atoms with E-state index in [1.807, 2.05) is 91.0 Å². The molecular weight excluding hydrogens is 506 g/mol. The minimum absolute atomic E-state index is 0.123. The third-order valence-corrected chi connectivity index (χ3v) is 7.02. The summed E-state index contributed by atoms with van der Waals surface area (Å²) in [7, 11) is 3.02. The summed E-state index contributed by atoms with van der Waals surface area (Å²) < 4.78 is 23.1. The van der Waals surface area contributed by atoms with Crippen molar-refractivity contribution in [3.8, 4) is 11.5 Å². The van der Waals surface area contributed by atoms with Crippen LogP contribution in [0.1, 0.15) is 27.0 Å². The van der Waals surface area contributed by atoms with Crippen LogP contribution in [0.15, 0.2) is 109 Å². The quantitative estimate of drug-likeness (QED) is 0.180. The Morgan fingerprint density at radius 2 is 1.38 bits per heavy atom. The maximum Gasteiger partial charge on any atom is 0.410 e. The van der Waals surface area contributed by atoms with E-state index in [9.17, 15) is 9.59 Å². The van der Waals surface area contributed by atoms with Crippen molar-refractivity contribution in [2.24, 2.45) is 0 Å². The highest BCUT2D eigenvalue weighted by Crippen LogP contribution is 2.40. The van der Waals surface area contributed by atoms with Gasteiger partial charge in [-0.2, -0.15) is 0 Å². The highest BCUT2D eigenvalue weighted by molar-refractivity contribution is 6.01. The van der Waals surface area contributed by atoms with E-state index in [1.165, 1.54) is 19.1 Å². The van der Waals surface area contributed by atoms with E-state index in [4.69, 9.17) is 18.9 Å². The third kappa shape index (κ3) is 5.42. The molecule has 5 rings (SSSR count). The number of cyclic esters (lactones) is 1. The van der Waals surface area contributed by atoms with E-state index in [1.54, 1.807) is 18.2 Å². The van der Waals surface area contributed by atoms with Crippen LogP contribution in [0.4, 0.5) is 4.79 Å². The van der Waals surface area contributed by atoms with E-state index in [0.717, 1.165) is 16.7 Å². The van der Waals surface area contributed by atoms with Gasteiger partial charge in [0.05, 0.1) is 39.5 Å². The molecule has 1 saturated heterocycles. The van der Waals surface area contributed by atoms with Crippen LogP contribution in [0.5, 0.6) is 11.5 Å². The van der Waals surface area contributed by atoms with Crippen molar-refractivity contribution in [1.82, 2.24) is 4.90 Å². The second kappa shape index (κ2) is 12.1. The fourth-order valence-corrected chi connectivity index (χ4v) is 5.07. The Morgan fingerprint density at radius 1 is 0.825 bits per heavy atom. The summed E-state index contributed by atoms with van der Waals surface area (Å²) >= 11 is 0. The molecule has 1 amide bonds. The zero-order valence-corrected chi connectivity index (χ0v) is 22.5. The lowest BCUT2D eigenvalue weighted by Gasteiger charge is -2.36. The molecule has 1 atom stereocenters. The van der Waals surface area contributed by atoms with Gasteiger partial charge in [-0.3, -0.25) is 9.69 Å². The summed E-state index contributed by atoms with van der Waals surface area (Å²) in [5.74, 6) is 0.664. The van der Waals surface area contributed by atoms with Gasteiger partial charge in [0.1, 0.15) is 23.2 Å². The first kappa shape index (κ1) is 27.0. The van der Waals surface area contributed by atoms with Crippen molar-refractivity contribution in [2.75, 3.05) is 33.9 Å². The van der Waals surface area contributed by atoms with E-state index in [0.29, 0.717) is 17.1 Å². The fraction of sp³-hybridized carbons (Fsp3) is 0.212. The van der Waals surface area contributed by atoms with Gasteiger partial charge in [0, 0.05) is 0 Å². The summed E-state index contributed by atoms with van der Waals surface area (Å²) in [6.07, 6.45) is -1.13. The summed E-state index contributed by atoms with van der Waals surface area (Å²) in [4.78, 5) is 27.4. The minimum atomic E-state index is -0.937. The molecule has 1 aliphatic rings. The van der Waals surface area contributed by atoms with Gasteiger partial charge in [-0.1, -0.05) is 91.0 Å². The Morgan fingerprint density at radius 3 is 1.88 bits per heavy atom. The van der Waals surface area contributed by atoms with E-state index in [2.05, 4.69) is 0 Å². The van der Waals surface area contributed by atoms with Crippen LogP contribution in [-0.4, -0.2) is 56.8 Å². The van der Waals surface area contributed by atoms with Crippen LogP contribution < -0.4 is 9.47 Å². The SMILES string of the molecule is COc1ccc(OC)c(C(=O)CN2CC(COC(c3ccccc3)(c3ccccc3)c3ccccc3)OC2=O)c1. The predicted molar refractivity (Wildman–Crippen MR) is 151 cm³/mol. The molecule has 0 saturated carbocycles. The second-order valence-corrected chi connectivity index (χ2v) is 9.47. The first-order chi connectivity index (χ1) is 19.5. The largest absolute Gasteiger partial charge is 0.497 e. The van der Waals surface area contributed by atoms with Crippen LogP contribution in [0, 0.1) is 0 Å². The number of ketones is 1. The van der Waals surface area contributed by atoms with Crippen LogP contribution in [0.25, 0.3) is 0 Å². The van der Waals surface area contributed by atoms with Gasteiger partial charge in [0.2, 0.25) is 0 Å². The van der Waals surface area contributed by atoms with Crippen LogP contribution in [-0.2, 0) is 15.1 Å². The number of carbonyl (C=O) groups excluding carboxylic acids is 2.